The van der Waals surface area contributed by atoms with Crippen LogP contribution in [0.3, 0.4) is 0 Å². The first kappa shape index (κ1) is 24.0. The van der Waals surface area contributed by atoms with Gasteiger partial charge in [0.1, 0.15) is 11.9 Å². The largest absolute Gasteiger partial charge is 0.452 e. The number of fused-ring (bicyclic) bond motifs is 4. The Morgan fingerprint density at radius 1 is 0.917 bits per heavy atom. The molecule has 1 aromatic rings. The zero-order valence-electron chi connectivity index (χ0n) is 21.3. The van der Waals surface area contributed by atoms with Gasteiger partial charge < -0.3 is 19.3 Å². The Hall–Kier alpha value is -2.35. The van der Waals surface area contributed by atoms with Crippen LogP contribution in [0.15, 0.2) is 18.2 Å². The number of hydrogen-bond acceptors (Lipinski definition) is 5. The number of methoxy groups -OCH3 is 1. The van der Waals surface area contributed by atoms with Crippen LogP contribution in [0, 0.1) is 5.82 Å². The SMILES string of the molecule is COC(=O)N1CC2(CCN(C3CCC4CCC(CC3)N4C(=O)OC3CCC3)CC2)c2cc(F)ccc21. The van der Waals surface area contributed by atoms with Crippen molar-refractivity contribution in [2.75, 3.05) is 31.6 Å². The number of hydrogen-bond donors (Lipinski definition) is 0. The highest BCUT2D eigenvalue weighted by Crippen LogP contribution is 2.48. The fourth-order valence-electron chi connectivity index (χ4n) is 7.46. The summed E-state index contributed by atoms with van der Waals surface area (Å²) in [5.74, 6) is -0.252. The van der Waals surface area contributed by atoms with Crippen LogP contribution in [-0.4, -0.2) is 73.0 Å². The molecular weight excluding hydrogens is 461 g/mol. The number of anilines is 1. The molecular formula is C28H38FN3O4. The van der Waals surface area contributed by atoms with Crippen molar-refractivity contribution in [2.24, 2.45) is 0 Å². The lowest BCUT2D eigenvalue weighted by molar-refractivity contribution is 0.00963. The summed E-state index contributed by atoms with van der Waals surface area (Å²) in [6.45, 7) is 2.44. The van der Waals surface area contributed by atoms with Crippen molar-refractivity contribution in [3.8, 4) is 0 Å². The monoisotopic (exact) mass is 499 g/mol. The van der Waals surface area contributed by atoms with Crippen molar-refractivity contribution in [3.63, 3.8) is 0 Å². The second-order valence-electron chi connectivity index (χ2n) is 11.6. The Balaban J connectivity index is 1.11. The Morgan fingerprint density at radius 3 is 2.14 bits per heavy atom. The number of benzene rings is 1. The maximum Gasteiger partial charge on any atom is 0.414 e. The summed E-state index contributed by atoms with van der Waals surface area (Å²) in [6, 6.07) is 5.89. The quantitative estimate of drug-likeness (QED) is 0.559. The van der Waals surface area contributed by atoms with Gasteiger partial charge in [0.2, 0.25) is 0 Å². The van der Waals surface area contributed by atoms with Gasteiger partial charge in [-0.3, -0.25) is 4.90 Å². The first-order valence-corrected chi connectivity index (χ1v) is 13.9. The summed E-state index contributed by atoms with van der Waals surface area (Å²) in [7, 11) is 1.40. The minimum Gasteiger partial charge on any atom is -0.452 e. The molecule has 4 aliphatic heterocycles. The van der Waals surface area contributed by atoms with E-state index < -0.39 is 0 Å². The summed E-state index contributed by atoms with van der Waals surface area (Å²) < 4.78 is 25.0. The number of likely N-dealkylation sites (tertiary alicyclic amines) is 1. The second-order valence-corrected chi connectivity index (χ2v) is 11.6. The number of halogens is 1. The maximum absolute atomic E-state index is 14.2. The Morgan fingerprint density at radius 2 is 1.56 bits per heavy atom. The van der Waals surface area contributed by atoms with Crippen LogP contribution >= 0.6 is 0 Å². The number of ether oxygens (including phenoxy) is 2. The molecule has 7 nitrogen and oxygen atoms in total. The lowest BCUT2D eigenvalue weighted by Crippen LogP contribution is -2.51. The molecule has 1 aliphatic carbocycles. The maximum atomic E-state index is 14.2. The van der Waals surface area contributed by atoms with E-state index in [-0.39, 0.29) is 29.5 Å². The van der Waals surface area contributed by atoms with E-state index in [0.29, 0.717) is 24.7 Å². The summed E-state index contributed by atoms with van der Waals surface area (Å²) in [6.07, 6.45) is 11.1. The van der Waals surface area contributed by atoms with Crippen LogP contribution in [0.1, 0.15) is 76.2 Å². The molecule has 8 heteroatoms. The second kappa shape index (κ2) is 9.51. The number of amides is 2. The van der Waals surface area contributed by atoms with Gasteiger partial charge >= 0.3 is 12.2 Å². The summed E-state index contributed by atoms with van der Waals surface area (Å²) >= 11 is 0. The summed E-state index contributed by atoms with van der Waals surface area (Å²) in [5, 5.41) is 0. The van der Waals surface area contributed by atoms with Gasteiger partial charge in [-0.1, -0.05) is 0 Å². The van der Waals surface area contributed by atoms with Crippen LogP contribution in [-0.2, 0) is 14.9 Å². The van der Waals surface area contributed by atoms with E-state index in [1.54, 1.807) is 17.0 Å². The molecule has 1 aromatic carbocycles. The molecule has 2 amide bonds. The summed E-state index contributed by atoms with van der Waals surface area (Å²) in [4.78, 5) is 31.7. The highest BCUT2D eigenvalue weighted by molar-refractivity contribution is 5.91. The van der Waals surface area contributed by atoms with E-state index in [1.165, 1.54) is 19.6 Å². The van der Waals surface area contributed by atoms with Crippen molar-refractivity contribution in [1.29, 1.82) is 0 Å². The molecule has 3 saturated heterocycles. The smallest absolute Gasteiger partial charge is 0.414 e. The van der Waals surface area contributed by atoms with Crippen LogP contribution < -0.4 is 4.90 Å². The third kappa shape index (κ3) is 4.15. The van der Waals surface area contributed by atoms with E-state index >= 15 is 0 Å². The van der Waals surface area contributed by atoms with Crippen molar-refractivity contribution in [2.45, 2.75) is 100 Å². The van der Waals surface area contributed by atoms with Gasteiger partial charge in [0.25, 0.3) is 0 Å². The Labute approximate surface area is 212 Å². The fourth-order valence-corrected chi connectivity index (χ4v) is 7.46. The molecule has 4 fully saturated rings. The Bertz CT molecular complexity index is 991. The van der Waals surface area contributed by atoms with Crippen LogP contribution in [0.5, 0.6) is 0 Å². The highest BCUT2D eigenvalue weighted by atomic mass is 19.1. The third-order valence-corrected chi connectivity index (χ3v) is 9.76. The van der Waals surface area contributed by atoms with Gasteiger partial charge in [0, 0.05) is 30.1 Å². The lowest BCUT2D eigenvalue weighted by atomic mass is 9.73. The average molecular weight is 500 g/mol. The minimum atomic E-state index is -0.377. The molecule has 6 rings (SSSR count). The number of piperidine rings is 1. The van der Waals surface area contributed by atoms with Crippen molar-refractivity contribution in [1.82, 2.24) is 9.80 Å². The number of rotatable bonds is 2. The van der Waals surface area contributed by atoms with Gasteiger partial charge in [-0.25, -0.2) is 14.0 Å². The standard InChI is InChI=1S/C28H38FN3O4/c1-35-26(33)31-18-28(24-17-19(29)5-12-25(24)31)13-15-30(16-14-28)20-6-8-21-10-11-22(9-7-20)32(21)27(34)36-23-3-2-4-23/h5,12,17,20-23H,2-4,6-11,13-16,18H2,1H3. The van der Waals surface area contributed by atoms with Crippen molar-refractivity contribution < 1.29 is 23.5 Å². The molecule has 36 heavy (non-hydrogen) atoms. The van der Waals surface area contributed by atoms with Crippen LogP contribution in [0.25, 0.3) is 0 Å². The average Bonchev–Trinajstić information content (AvgIpc) is 3.42. The highest BCUT2D eigenvalue weighted by Gasteiger charge is 2.48. The third-order valence-electron chi connectivity index (χ3n) is 9.76. The van der Waals surface area contributed by atoms with E-state index in [9.17, 15) is 14.0 Å². The molecule has 0 radical (unpaired) electrons. The van der Waals surface area contributed by atoms with E-state index in [2.05, 4.69) is 9.80 Å². The molecule has 5 aliphatic rings. The molecule has 2 unspecified atom stereocenters. The molecule has 4 heterocycles. The molecule has 2 atom stereocenters. The Kier molecular flexibility index (Phi) is 6.34. The van der Waals surface area contributed by atoms with Crippen LogP contribution in [0.4, 0.5) is 19.7 Å². The minimum absolute atomic E-state index is 0.0761. The van der Waals surface area contributed by atoms with E-state index in [4.69, 9.17) is 9.47 Å². The van der Waals surface area contributed by atoms with E-state index in [1.807, 2.05) is 0 Å². The lowest BCUT2D eigenvalue weighted by Gasteiger charge is -2.44. The number of nitrogens with zero attached hydrogens (tertiary/aromatic N) is 3. The predicted octanol–water partition coefficient (Wildman–Crippen LogP) is 5.21. The predicted molar refractivity (Wildman–Crippen MR) is 134 cm³/mol. The van der Waals surface area contributed by atoms with Gasteiger partial charge in [0.15, 0.2) is 0 Å². The van der Waals surface area contributed by atoms with E-state index in [0.717, 1.165) is 88.5 Å². The van der Waals surface area contributed by atoms with Crippen molar-refractivity contribution >= 4 is 17.9 Å². The van der Waals surface area contributed by atoms with Gasteiger partial charge in [0.05, 0.1) is 12.8 Å². The molecule has 0 aromatic heterocycles. The molecule has 0 N–H and O–H groups in total. The number of carbonyl (C=O) groups excluding carboxylic acids is 2. The van der Waals surface area contributed by atoms with Gasteiger partial charge in [-0.05, 0) is 107 Å². The van der Waals surface area contributed by atoms with Gasteiger partial charge in [-0.2, -0.15) is 0 Å². The first-order chi connectivity index (χ1) is 17.5. The topological polar surface area (TPSA) is 62.3 Å². The summed E-state index contributed by atoms with van der Waals surface area (Å²) in [5.41, 5.74) is 1.52. The molecule has 1 spiro atoms. The van der Waals surface area contributed by atoms with Crippen LogP contribution in [0.2, 0.25) is 0 Å². The molecule has 196 valence electrons. The van der Waals surface area contributed by atoms with Crippen molar-refractivity contribution in [3.05, 3.63) is 29.6 Å². The first-order valence-electron chi connectivity index (χ1n) is 13.9. The van der Waals surface area contributed by atoms with Gasteiger partial charge in [-0.15, -0.1) is 0 Å². The fraction of sp³-hybridized carbons (Fsp3) is 0.714. The zero-order valence-corrected chi connectivity index (χ0v) is 21.3. The molecule has 1 saturated carbocycles. The normalized spacial score (nSPS) is 29.9. The zero-order chi connectivity index (χ0) is 24.9. The molecule has 2 bridgehead atoms. The number of carbonyl (C=O) groups is 2.